The number of rotatable bonds is 8. The van der Waals surface area contributed by atoms with Crippen molar-refractivity contribution in [2.24, 2.45) is 10.9 Å². The SMILES string of the molecule is CN=C(NCCC1=CCCCC1)N(C)CCOCC1CC1.I. The molecule has 22 heavy (non-hydrogen) atoms. The lowest BCUT2D eigenvalue weighted by atomic mass is 9.97. The molecule has 0 spiro atoms. The maximum atomic E-state index is 5.69. The van der Waals surface area contributed by atoms with E-state index in [1.54, 1.807) is 5.57 Å². The highest BCUT2D eigenvalue weighted by atomic mass is 127. The molecule has 0 heterocycles. The third kappa shape index (κ3) is 7.81. The number of halogens is 1. The van der Waals surface area contributed by atoms with Crippen molar-refractivity contribution < 1.29 is 4.74 Å². The van der Waals surface area contributed by atoms with Crippen LogP contribution in [-0.2, 0) is 4.74 Å². The summed E-state index contributed by atoms with van der Waals surface area (Å²) in [5, 5.41) is 3.46. The third-order valence-electron chi connectivity index (χ3n) is 4.31. The van der Waals surface area contributed by atoms with Crippen LogP contribution >= 0.6 is 24.0 Å². The van der Waals surface area contributed by atoms with Crippen molar-refractivity contribution in [3.63, 3.8) is 0 Å². The number of ether oxygens (including phenoxy) is 1. The molecule has 0 atom stereocenters. The van der Waals surface area contributed by atoms with Gasteiger partial charge in [-0.25, -0.2) is 0 Å². The molecule has 0 aromatic heterocycles. The Morgan fingerprint density at radius 3 is 2.86 bits per heavy atom. The molecule has 0 unspecified atom stereocenters. The quantitative estimate of drug-likeness (QED) is 0.215. The molecule has 0 saturated heterocycles. The van der Waals surface area contributed by atoms with Crippen LogP contribution in [0.25, 0.3) is 0 Å². The zero-order valence-corrected chi connectivity index (χ0v) is 16.5. The van der Waals surface area contributed by atoms with E-state index in [1.165, 1.54) is 38.5 Å². The molecule has 5 heteroatoms. The van der Waals surface area contributed by atoms with Gasteiger partial charge in [0.15, 0.2) is 5.96 Å². The summed E-state index contributed by atoms with van der Waals surface area (Å²) in [7, 11) is 3.93. The lowest BCUT2D eigenvalue weighted by molar-refractivity contribution is 0.115. The summed E-state index contributed by atoms with van der Waals surface area (Å²) in [6.45, 7) is 3.60. The Kier molecular flexibility index (Phi) is 10.1. The molecular formula is C17H32IN3O. The molecule has 2 aliphatic rings. The smallest absolute Gasteiger partial charge is 0.193 e. The van der Waals surface area contributed by atoms with Crippen LogP contribution in [0, 0.1) is 5.92 Å². The van der Waals surface area contributed by atoms with Gasteiger partial charge in [0.2, 0.25) is 0 Å². The molecular weight excluding hydrogens is 389 g/mol. The van der Waals surface area contributed by atoms with E-state index in [4.69, 9.17) is 4.74 Å². The molecule has 2 aliphatic carbocycles. The van der Waals surface area contributed by atoms with Gasteiger partial charge < -0.3 is 15.0 Å². The first-order valence-electron chi connectivity index (χ1n) is 8.47. The Bertz CT molecular complexity index is 367. The zero-order chi connectivity index (χ0) is 14.9. The van der Waals surface area contributed by atoms with Crippen molar-refractivity contribution in [2.45, 2.75) is 44.9 Å². The second-order valence-corrected chi connectivity index (χ2v) is 6.27. The minimum atomic E-state index is 0. The van der Waals surface area contributed by atoms with Crippen LogP contribution in [0.1, 0.15) is 44.9 Å². The van der Waals surface area contributed by atoms with Crippen molar-refractivity contribution in [1.29, 1.82) is 0 Å². The normalized spacial score (nSPS) is 18.5. The van der Waals surface area contributed by atoms with Crippen LogP contribution in [0.2, 0.25) is 0 Å². The van der Waals surface area contributed by atoms with E-state index in [9.17, 15) is 0 Å². The Morgan fingerprint density at radius 1 is 1.41 bits per heavy atom. The molecule has 128 valence electrons. The van der Waals surface area contributed by atoms with Gasteiger partial charge in [-0.1, -0.05) is 11.6 Å². The van der Waals surface area contributed by atoms with Crippen molar-refractivity contribution in [3.05, 3.63) is 11.6 Å². The average molecular weight is 421 g/mol. The molecule has 0 aliphatic heterocycles. The summed E-state index contributed by atoms with van der Waals surface area (Å²) in [5.74, 6) is 1.82. The number of guanidine groups is 1. The predicted octanol–water partition coefficient (Wildman–Crippen LogP) is 3.43. The van der Waals surface area contributed by atoms with Crippen molar-refractivity contribution in [1.82, 2.24) is 10.2 Å². The molecule has 1 fully saturated rings. The molecule has 1 N–H and O–H groups in total. The lowest BCUT2D eigenvalue weighted by Crippen LogP contribution is -2.41. The molecule has 0 radical (unpaired) electrons. The van der Waals surface area contributed by atoms with Crippen LogP contribution in [-0.4, -0.2) is 51.3 Å². The highest BCUT2D eigenvalue weighted by Crippen LogP contribution is 2.28. The van der Waals surface area contributed by atoms with Gasteiger partial charge in [0.1, 0.15) is 0 Å². The van der Waals surface area contributed by atoms with Gasteiger partial charge in [0, 0.05) is 33.8 Å². The predicted molar refractivity (Wildman–Crippen MR) is 104 cm³/mol. The maximum Gasteiger partial charge on any atom is 0.193 e. The highest BCUT2D eigenvalue weighted by Gasteiger charge is 2.21. The summed E-state index contributed by atoms with van der Waals surface area (Å²) in [4.78, 5) is 6.51. The zero-order valence-electron chi connectivity index (χ0n) is 14.1. The average Bonchev–Trinajstić information content (AvgIpc) is 3.33. The molecule has 0 amide bonds. The molecule has 1 saturated carbocycles. The number of allylic oxidation sites excluding steroid dienone is 1. The molecule has 0 aromatic carbocycles. The Morgan fingerprint density at radius 2 is 2.23 bits per heavy atom. The van der Waals surface area contributed by atoms with Gasteiger partial charge in [0.25, 0.3) is 0 Å². The van der Waals surface area contributed by atoms with E-state index in [-0.39, 0.29) is 24.0 Å². The second kappa shape index (κ2) is 11.3. The van der Waals surface area contributed by atoms with E-state index < -0.39 is 0 Å². The van der Waals surface area contributed by atoms with Gasteiger partial charge in [-0.2, -0.15) is 0 Å². The van der Waals surface area contributed by atoms with Gasteiger partial charge >= 0.3 is 0 Å². The van der Waals surface area contributed by atoms with Gasteiger partial charge in [-0.05, 0) is 50.9 Å². The van der Waals surface area contributed by atoms with Gasteiger partial charge in [-0.3, -0.25) is 4.99 Å². The minimum absolute atomic E-state index is 0. The van der Waals surface area contributed by atoms with E-state index in [0.717, 1.165) is 44.6 Å². The number of hydrogen-bond donors (Lipinski definition) is 1. The number of hydrogen-bond acceptors (Lipinski definition) is 2. The second-order valence-electron chi connectivity index (χ2n) is 6.27. The third-order valence-corrected chi connectivity index (χ3v) is 4.31. The first kappa shape index (κ1) is 19.7. The lowest BCUT2D eigenvalue weighted by Gasteiger charge is -2.22. The fraction of sp³-hybridized carbons (Fsp3) is 0.824. The maximum absolute atomic E-state index is 5.69. The highest BCUT2D eigenvalue weighted by molar-refractivity contribution is 14.0. The van der Waals surface area contributed by atoms with Crippen LogP contribution in [0.15, 0.2) is 16.6 Å². The first-order chi connectivity index (χ1) is 10.3. The van der Waals surface area contributed by atoms with E-state index >= 15 is 0 Å². The van der Waals surface area contributed by atoms with Crippen molar-refractivity contribution in [2.75, 3.05) is 40.4 Å². The fourth-order valence-corrected chi connectivity index (χ4v) is 2.69. The first-order valence-corrected chi connectivity index (χ1v) is 8.47. The standard InChI is InChI=1S/C17H31N3O.HI/c1-18-17(19-11-10-15-6-4-3-5-7-15)20(2)12-13-21-14-16-8-9-16;/h6,16H,3-5,7-14H2,1-2H3,(H,18,19);1H. The minimum Gasteiger partial charge on any atom is -0.379 e. The number of nitrogens with zero attached hydrogens (tertiary/aromatic N) is 2. The van der Waals surface area contributed by atoms with Crippen molar-refractivity contribution >= 4 is 29.9 Å². The van der Waals surface area contributed by atoms with E-state index in [1.807, 2.05) is 7.05 Å². The Hall–Kier alpha value is -0.300. The molecule has 0 bridgehead atoms. The van der Waals surface area contributed by atoms with Crippen LogP contribution in [0.4, 0.5) is 0 Å². The number of nitrogens with one attached hydrogen (secondary N) is 1. The van der Waals surface area contributed by atoms with E-state index in [2.05, 4.69) is 28.3 Å². The van der Waals surface area contributed by atoms with Gasteiger partial charge in [-0.15, -0.1) is 24.0 Å². The summed E-state index contributed by atoms with van der Waals surface area (Å²) >= 11 is 0. The van der Waals surface area contributed by atoms with Crippen LogP contribution < -0.4 is 5.32 Å². The number of aliphatic imine (C=N–C) groups is 1. The van der Waals surface area contributed by atoms with Crippen molar-refractivity contribution in [3.8, 4) is 0 Å². The summed E-state index contributed by atoms with van der Waals surface area (Å²) < 4.78 is 5.69. The molecule has 2 rings (SSSR count). The molecule has 4 nitrogen and oxygen atoms in total. The fourth-order valence-electron chi connectivity index (χ4n) is 2.69. The monoisotopic (exact) mass is 421 g/mol. The number of likely N-dealkylation sites (N-methyl/N-ethyl adjacent to an activating group) is 1. The van der Waals surface area contributed by atoms with Gasteiger partial charge in [0.05, 0.1) is 6.61 Å². The molecule has 0 aromatic rings. The summed E-state index contributed by atoms with van der Waals surface area (Å²) in [6.07, 6.45) is 11.5. The summed E-state index contributed by atoms with van der Waals surface area (Å²) in [5.41, 5.74) is 1.61. The topological polar surface area (TPSA) is 36.9 Å². The Labute approximate surface area is 152 Å². The van der Waals surface area contributed by atoms with Crippen LogP contribution in [0.5, 0.6) is 0 Å². The summed E-state index contributed by atoms with van der Waals surface area (Å²) in [6, 6.07) is 0. The largest absolute Gasteiger partial charge is 0.379 e. The Balaban J connectivity index is 0.00000242. The van der Waals surface area contributed by atoms with E-state index in [0.29, 0.717) is 0 Å². The van der Waals surface area contributed by atoms with Crippen LogP contribution in [0.3, 0.4) is 0 Å².